The van der Waals surface area contributed by atoms with Crippen LogP contribution >= 0.6 is 0 Å². The summed E-state index contributed by atoms with van der Waals surface area (Å²) in [4.78, 5) is 15.1. The zero-order chi connectivity index (χ0) is 24.3. The molecule has 0 saturated carbocycles. The number of carbonyl (C=O) groups excluding carboxylic acids is 1. The second-order valence-corrected chi connectivity index (χ2v) is 11.3. The van der Waals surface area contributed by atoms with E-state index in [0.717, 1.165) is 40.4 Å². The van der Waals surface area contributed by atoms with E-state index in [1.54, 1.807) is 4.31 Å². The number of hydrogen-bond acceptors (Lipinski definition) is 4. The van der Waals surface area contributed by atoms with Crippen LogP contribution in [-0.2, 0) is 26.0 Å². The van der Waals surface area contributed by atoms with E-state index in [0.29, 0.717) is 13.1 Å². The molecule has 1 fully saturated rings. The molecule has 182 valence electrons. The average molecular weight is 484 g/mol. The van der Waals surface area contributed by atoms with Gasteiger partial charge in [-0.1, -0.05) is 30.3 Å². The van der Waals surface area contributed by atoms with Crippen LogP contribution in [-0.4, -0.2) is 55.2 Å². The van der Waals surface area contributed by atoms with Crippen LogP contribution in [0.4, 0.5) is 0 Å². The fourth-order valence-electron chi connectivity index (χ4n) is 4.75. The Kier molecular flexibility index (Phi) is 7.40. The molecule has 2 heterocycles. The first kappa shape index (κ1) is 24.4. The molecule has 0 spiro atoms. The van der Waals surface area contributed by atoms with E-state index >= 15 is 0 Å². The lowest BCUT2D eigenvalue weighted by Gasteiger charge is -2.31. The summed E-state index contributed by atoms with van der Waals surface area (Å²) in [5.74, 6) is -0.123. The monoisotopic (exact) mass is 483 g/mol. The van der Waals surface area contributed by atoms with Crippen LogP contribution in [0, 0.1) is 0 Å². The quantitative estimate of drug-likeness (QED) is 0.483. The van der Waals surface area contributed by atoms with Crippen molar-refractivity contribution >= 4 is 26.8 Å². The zero-order valence-electron chi connectivity index (χ0n) is 19.8. The van der Waals surface area contributed by atoms with Crippen LogP contribution in [0.3, 0.4) is 0 Å². The molecule has 2 aromatic carbocycles. The van der Waals surface area contributed by atoms with Gasteiger partial charge in [-0.05, 0) is 67.0 Å². The Bertz CT molecular complexity index is 1240. The van der Waals surface area contributed by atoms with E-state index in [4.69, 9.17) is 10.5 Å². The van der Waals surface area contributed by atoms with Crippen molar-refractivity contribution in [3.8, 4) is 11.1 Å². The molecule has 0 bridgehead atoms. The van der Waals surface area contributed by atoms with Crippen molar-refractivity contribution in [1.82, 2.24) is 9.29 Å². The van der Waals surface area contributed by atoms with Crippen LogP contribution in [0.5, 0.6) is 0 Å². The highest BCUT2D eigenvalue weighted by Crippen LogP contribution is 2.37. The molecule has 34 heavy (non-hydrogen) atoms. The van der Waals surface area contributed by atoms with Gasteiger partial charge in [0.15, 0.2) is 0 Å². The Morgan fingerprint density at radius 2 is 1.85 bits per heavy atom. The number of fused-ring (bicyclic) bond motifs is 1. The molecule has 0 radical (unpaired) electrons. The van der Waals surface area contributed by atoms with Gasteiger partial charge in [-0.3, -0.25) is 4.79 Å². The van der Waals surface area contributed by atoms with E-state index in [2.05, 4.69) is 11.1 Å². The maximum atomic E-state index is 12.7. The number of sulfonamides is 1. The Balaban J connectivity index is 1.57. The third-order valence-electron chi connectivity index (χ3n) is 6.45. The van der Waals surface area contributed by atoms with Crippen molar-refractivity contribution in [3.63, 3.8) is 0 Å². The fourth-order valence-corrected chi connectivity index (χ4v) is 6.09. The highest BCUT2D eigenvalue weighted by atomic mass is 32.2. The second kappa shape index (κ2) is 10.3. The molecule has 0 aliphatic carbocycles. The Hall–Kier alpha value is -2.68. The van der Waals surface area contributed by atoms with E-state index in [1.165, 1.54) is 5.56 Å². The van der Waals surface area contributed by atoms with Crippen molar-refractivity contribution in [2.75, 3.05) is 25.4 Å². The lowest BCUT2D eigenvalue weighted by atomic mass is 9.88. The van der Waals surface area contributed by atoms with Crippen molar-refractivity contribution in [3.05, 3.63) is 59.8 Å². The smallest absolute Gasteiger partial charge is 0.221 e. The van der Waals surface area contributed by atoms with Gasteiger partial charge in [0.1, 0.15) is 0 Å². The van der Waals surface area contributed by atoms with E-state index in [-0.39, 0.29) is 36.7 Å². The van der Waals surface area contributed by atoms with Crippen LogP contribution in [0.1, 0.15) is 43.7 Å². The minimum absolute atomic E-state index is 0.0137. The summed E-state index contributed by atoms with van der Waals surface area (Å²) in [6.45, 7) is 5.00. The van der Waals surface area contributed by atoms with Gasteiger partial charge in [0.05, 0.1) is 24.9 Å². The molecule has 0 unspecified atom stereocenters. The van der Waals surface area contributed by atoms with Gasteiger partial charge in [0, 0.05) is 30.2 Å². The van der Waals surface area contributed by atoms with E-state index in [9.17, 15) is 13.2 Å². The average Bonchev–Trinajstić information content (AvgIpc) is 3.23. The van der Waals surface area contributed by atoms with Crippen molar-refractivity contribution < 1.29 is 17.9 Å². The van der Waals surface area contributed by atoms with Gasteiger partial charge in [0.2, 0.25) is 15.9 Å². The maximum Gasteiger partial charge on any atom is 0.221 e. The Morgan fingerprint density at radius 3 is 2.50 bits per heavy atom. The highest BCUT2D eigenvalue weighted by Gasteiger charge is 2.30. The SMILES string of the molecule is CC(C)OCCS(=O)(=O)N1CCC(c2c[nH]c3c(CC(N)=O)cc(-c4ccccc4)cc23)CC1. The number of aromatic nitrogens is 1. The summed E-state index contributed by atoms with van der Waals surface area (Å²) in [5, 5.41) is 1.07. The van der Waals surface area contributed by atoms with Gasteiger partial charge in [0.25, 0.3) is 0 Å². The van der Waals surface area contributed by atoms with Crippen LogP contribution in [0.2, 0.25) is 0 Å². The predicted octanol–water partition coefficient (Wildman–Crippen LogP) is 3.80. The first-order valence-corrected chi connectivity index (χ1v) is 13.4. The fraction of sp³-hybridized carbons (Fsp3) is 0.423. The molecule has 0 atom stereocenters. The summed E-state index contributed by atoms with van der Waals surface area (Å²) in [7, 11) is -3.33. The zero-order valence-corrected chi connectivity index (χ0v) is 20.6. The van der Waals surface area contributed by atoms with Gasteiger partial charge < -0.3 is 15.5 Å². The largest absolute Gasteiger partial charge is 0.378 e. The summed E-state index contributed by atoms with van der Waals surface area (Å²) in [6, 6.07) is 14.2. The van der Waals surface area contributed by atoms with E-state index in [1.807, 2.05) is 56.4 Å². The molecule has 1 aliphatic rings. The number of piperidine rings is 1. The third-order valence-corrected chi connectivity index (χ3v) is 8.29. The summed E-state index contributed by atoms with van der Waals surface area (Å²) < 4.78 is 32.5. The lowest BCUT2D eigenvalue weighted by molar-refractivity contribution is -0.117. The molecule has 4 rings (SSSR count). The molecule has 1 saturated heterocycles. The number of carbonyl (C=O) groups is 1. The number of hydrogen-bond donors (Lipinski definition) is 2. The summed E-state index contributed by atoms with van der Waals surface area (Å²) >= 11 is 0. The van der Waals surface area contributed by atoms with Crippen LogP contribution in [0.25, 0.3) is 22.0 Å². The summed E-state index contributed by atoms with van der Waals surface area (Å²) in [5.41, 5.74) is 10.6. The van der Waals surface area contributed by atoms with Gasteiger partial charge >= 0.3 is 0 Å². The highest BCUT2D eigenvalue weighted by molar-refractivity contribution is 7.89. The van der Waals surface area contributed by atoms with Gasteiger partial charge in [-0.15, -0.1) is 0 Å². The lowest BCUT2D eigenvalue weighted by Crippen LogP contribution is -2.40. The number of nitrogens with one attached hydrogen (secondary N) is 1. The van der Waals surface area contributed by atoms with Crippen molar-refractivity contribution in [2.45, 2.75) is 45.1 Å². The second-order valence-electron chi connectivity index (χ2n) is 9.22. The minimum atomic E-state index is -3.33. The van der Waals surface area contributed by atoms with E-state index < -0.39 is 10.0 Å². The molecule has 3 N–H and O–H groups in total. The Labute approximate surface area is 201 Å². The molecule has 7 nitrogen and oxygen atoms in total. The third kappa shape index (κ3) is 5.51. The normalized spacial score (nSPS) is 15.9. The molecule has 1 aromatic heterocycles. The molecule has 1 amide bonds. The number of ether oxygens (including phenoxy) is 1. The summed E-state index contributed by atoms with van der Waals surface area (Å²) in [6.07, 6.45) is 3.68. The Morgan fingerprint density at radius 1 is 1.15 bits per heavy atom. The topological polar surface area (TPSA) is 105 Å². The van der Waals surface area contributed by atoms with Crippen molar-refractivity contribution in [1.29, 1.82) is 0 Å². The first-order valence-electron chi connectivity index (χ1n) is 11.8. The number of aromatic amines is 1. The molecule has 8 heteroatoms. The first-order chi connectivity index (χ1) is 16.2. The number of rotatable bonds is 9. The number of nitrogens with zero attached hydrogens (tertiary/aromatic N) is 1. The number of primary amides is 1. The van der Waals surface area contributed by atoms with Gasteiger partial charge in [-0.2, -0.15) is 0 Å². The van der Waals surface area contributed by atoms with Crippen LogP contribution < -0.4 is 5.73 Å². The number of H-pyrrole nitrogens is 1. The minimum Gasteiger partial charge on any atom is -0.378 e. The molecular formula is C26H33N3O4S. The molecule has 3 aromatic rings. The molecule has 1 aliphatic heterocycles. The molecular weight excluding hydrogens is 450 g/mol. The van der Waals surface area contributed by atoms with Crippen LogP contribution in [0.15, 0.2) is 48.7 Å². The number of nitrogens with two attached hydrogens (primary N) is 1. The predicted molar refractivity (Wildman–Crippen MR) is 135 cm³/mol. The maximum absolute atomic E-state index is 12.7. The van der Waals surface area contributed by atoms with Crippen molar-refractivity contribution in [2.24, 2.45) is 5.73 Å². The standard InChI is InChI=1S/C26H33N3O4S/c1-18(2)33-12-13-34(31,32)29-10-8-20(9-11-29)24-17-28-26-22(16-25(27)30)14-21(15-23(24)26)19-6-4-3-5-7-19/h3-7,14-15,17-18,20,28H,8-13,16H2,1-2H3,(H2,27,30). The van der Waals surface area contributed by atoms with Gasteiger partial charge in [-0.25, -0.2) is 12.7 Å². The number of benzene rings is 2. The number of amides is 1.